The summed E-state index contributed by atoms with van der Waals surface area (Å²) in [7, 11) is -3.78. The van der Waals surface area contributed by atoms with Crippen LogP contribution in [0.3, 0.4) is 0 Å². The van der Waals surface area contributed by atoms with E-state index in [1.54, 1.807) is 47.4 Å². The van der Waals surface area contributed by atoms with Gasteiger partial charge in [-0.3, -0.25) is 4.79 Å². The van der Waals surface area contributed by atoms with Gasteiger partial charge in [-0.1, -0.05) is 31.5 Å². The normalized spacial score (nSPS) is 17.3. The zero-order valence-corrected chi connectivity index (χ0v) is 18.7. The first kappa shape index (κ1) is 22.2. The maximum Gasteiger partial charge on any atom is 0.283 e. The van der Waals surface area contributed by atoms with Gasteiger partial charge in [-0.15, -0.1) is 10.2 Å². The second-order valence-corrected chi connectivity index (χ2v) is 9.57. The molecule has 1 unspecified atom stereocenters. The predicted molar refractivity (Wildman–Crippen MR) is 116 cm³/mol. The third-order valence-corrected chi connectivity index (χ3v) is 7.34. The van der Waals surface area contributed by atoms with Crippen LogP contribution in [0.2, 0.25) is 0 Å². The van der Waals surface area contributed by atoms with Crippen LogP contribution in [0, 0.1) is 0 Å². The third kappa shape index (κ3) is 4.61. The number of aromatic nitrogens is 2. The van der Waals surface area contributed by atoms with Crippen LogP contribution in [0.4, 0.5) is 0 Å². The van der Waals surface area contributed by atoms with E-state index >= 15 is 0 Å². The van der Waals surface area contributed by atoms with Gasteiger partial charge in [0.05, 0.1) is 17.7 Å². The summed E-state index contributed by atoms with van der Waals surface area (Å²) >= 11 is 0. The van der Waals surface area contributed by atoms with Crippen molar-refractivity contribution in [2.75, 3.05) is 13.1 Å². The average molecular weight is 459 g/mol. The van der Waals surface area contributed by atoms with E-state index in [4.69, 9.17) is 8.83 Å². The Balaban J connectivity index is 1.56. The molecule has 3 aromatic rings. The Hall–Kier alpha value is -2.98. The molecule has 1 aromatic carbocycles. The standard InChI is InChI=1S/C22H26N4O5S/c1-2-13-25(16-20-23-24-21(31-20)19-12-8-15-30-19)22(27)18-11-6-7-14-26(18)32(28,29)17-9-4-3-5-10-17/h3-5,8-10,12,15,18H,2,6-7,11,13-14,16H2,1H3. The van der Waals surface area contributed by atoms with Gasteiger partial charge in [0.2, 0.25) is 21.8 Å². The number of carbonyl (C=O) groups is 1. The smallest absolute Gasteiger partial charge is 0.283 e. The van der Waals surface area contributed by atoms with Gasteiger partial charge in [0.25, 0.3) is 5.89 Å². The topological polar surface area (TPSA) is 110 Å². The lowest BCUT2D eigenvalue weighted by Crippen LogP contribution is -2.52. The van der Waals surface area contributed by atoms with Crippen LogP contribution in [0.25, 0.3) is 11.7 Å². The number of hydrogen-bond donors (Lipinski definition) is 0. The number of benzene rings is 1. The van der Waals surface area contributed by atoms with Crippen molar-refractivity contribution < 1.29 is 22.0 Å². The van der Waals surface area contributed by atoms with Crippen molar-refractivity contribution >= 4 is 15.9 Å². The van der Waals surface area contributed by atoms with Crippen molar-refractivity contribution in [1.82, 2.24) is 19.4 Å². The molecule has 1 fully saturated rings. The van der Waals surface area contributed by atoms with Crippen LogP contribution < -0.4 is 0 Å². The van der Waals surface area contributed by atoms with E-state index in [2.05, 4.69) is 10.2 Å². The number of sulfonamides is 1. The van der Waals surface area contributed by atoms with Gasteiger partial charge in [-0.05, 0) is 43.5 Å². The van der Waals surface area contributed by atoms with E-state index in [1.165, 1.54) is 10.6 Å². The zero-order valence-electron chi connectivity index (χ0n) is 17.9. The van der Waals surface area contributed by atoms with Crippen molar-refractivity contribution in [3.05, 3.63) is 54.6 Å². The van der Waals surface area contributed by atoms with Crippen molar-refractivity contribution in [2.24, 2.45) is 0 Å². The van der Waals surface area contributed by atoms with Crippen molar-refractivity contribution in [1.29, 1.82) is 0 Å². The van der Waals surface area contributed by atoms with Crippen molar-refractivity contribution in [3.63, 3.8) is 0 Å². The minimum atomic E-state index is -3.78. The fourth-order valence-corrected chi connectivity index (χ4v) is 5.57. The lowest BCUT2D eigenvalue weighted by Gasteiger charge is -2.36. The molecule has 3 heterocycles. The maximum absolute atomic E-state index is 13.5. The highest BCUT2D eigenvalue weighted by Gasteiger charge is 2.39. The van der Waals surface area contributed by atoms with E-state index < -0.39 is 16.1 Å². The molecule has 0 spiro atoms. The number of nitrogens with zero attached hydrogens (tertiary/aromatic N) is 4. The average Bonchev–Trinajstić information content (AvgIpc) is 3.51. The zero-order chi connectivity index (χ0) is 22.6. The number of rotatable bonds is 8. The number of amides is 1. The summed E-state index contributed by atoms with van der Waals surface area (Å²) in [6, 6.07) is 10.9. The molecular formula is C22H26N4O5S. The number of carbonyl (C=O) groups excluding carboxylic acids is 1. The van der Waals surface area contributed by atoms with E-state index in [0.29, 0.717) is 31.7 Å². The Morgan fingerprint density at radius 1 is 1.16 bits per heavy atom. The van der Waals surface area contributed by atoms with Gasteiger partial charge in [-0.2, -0.15) is 4.31 Å². The lowest BCUT2D eigenvalue weighted by atomic mass is 10.0. The molecule has 0 bridgehead atoms. The minimum absolute atomic E-state index is 0.107. The Morgan fingerprint density at radius 2 is 1.97 bits per heavy atom. The molecule has 4 rings (SSSR count). The fourth-order valence-electron chi connectivity index (χ4n) is 3.90. The highest BCUT2D eigenvalue weighted by Crippen LogP contribution is 2.27. The quantitative estimate of drug-likeness (QED) is 0.509. The van der Waals surface area contributed by atoms with Gasteiger partial charge in [-0.25, -0.2) is 8.42 Å². The minimum Gasteiger partial charge on any atom is -0.459 e. The van der Waals surface area contributed by atoms with Crippen molar-refractivity contribution in [2.45, 2.75) is 50.1 Å². The molecule has 0 saturated carbocycles. The summed E-state index contributed by atoms with van der Waals surface area (Å²) in [5.74, 6) is 0.708. The molecule has 9 nitrogen and oxygen atoms in total. The van der Waals surface area contributed by atoms with Crippen LogP contribution in [0.1, 0.15) is 38.5 Å². The molecule has 1 aliphatic heterocycles. The molecule has 0 aliphatic carbocycles. The van der Waals surface area contributed by atoms with Crippen LogP contribution in [0.5, 0.6) is 0 Å². The SMILES string of the molecule is CCCN(Cc1nnc(-c2ccco2)o1)C(=O)C1CCCCN1S(=O)(=O)c1ccccc1. The molecule has 1 amide bonds. The van der Waals surface area contributed by atoms with Gasteiger partial charge in [0.15, 0.2) is 5.76 Å². The molecular weight excluding hydrogens is 432 g/mol. The van der Waals surface area contributed by atoms with Gasteiger partial charge in [0.1, 0.15) is 6.04 Å². The second-order valence-electron chi connectivity index (χ2n) is 7.68. The van der Waals surface area contributed by atoms with Crippen molar-refractivity contribution in [3.8, 4) is 11.7 Å². The van der Waals surface area contributed by atoms with Gasteiger partial charge < -0.3 is 13.7 Å². The highest BCUT2D eigenvalue weighted by molar-refractivity contribution is 7.89. The largest absolute Gasteiger partial charge is 0.459 e. The molecule has 32 heavy (non-hydrogen) atoms. The Labute approximate surface area is 187 Å². The first-order chi connectivity index (χ1) is 15.5. The molecule has 0 radical (unpaired) electrons. The Bertz CT molecular complexity index is 1130. The lowest BCUT2D eigenvalue weighted by molar-refractivity contribution is -0.137. The van der Waals surface area contributed by atoms with Gasteiger partial charge in [0, 0.05) is 13.1 Å². The van der Waals surface area contributed by atoms with Gasteiger partial charge >= 0.3 is 0 Å². The fraction of sp³-hybridized carbons (Fsp3) is 0.409. The molecule has 1 aliphatic rings. The predicted octanol–water partition coefficient (Wildman–Crippen LogP) is 3.31. The van der Waals surface area contributed by atoms with E-state index in [-0.39, 0.29) is 29.1 Å². The summed E-state index contributed by atoms with van der Waals surface area (Å²) < 4.78 is 38.8. The summed E-state index contributed by atoms with van der Waals surface area (Å²) in [5, 5.41) is 8.02. The molecule has 1 saturated heterocycles. The number of piperidine rings is 1. The summed E-state index contributed by atoms with van der Waals surface area (Å²) in [4.78, 5) is 15.3. The van der Waals surface area contributed by atoms with Crippen LogP contribution in [0.15, 0.2) is 62.5 Å². The van der Waals surface area contributed by atoms with E-state index in [1.807, 2.05) is 6.92 Å². The Kier molecular flexibility index (Phi) is 6.71. The Morgan fingerprint density at radius 3 is 2.69 bits per heavy atom. The van der Waals surface area contributed by atoms with E-state index in [0.717, 1.165) is 12.8 Å². The molecule has 1 atom stereocenters. The third-order valence-electron chi connectivity index (χ3n) is 5.42. The number of furan rings is 1. The second kappa shape index (κ2) is 9.66. The monoisotopic (exact) mass is 458 g/mol. The molecule has 170 valence electrons. The summed E-state index contributed by atoms with van der Waals surface area (Å²) in [6.07, 6.45) is 4.22. The van der Waals surface area contributed by atoms with Crippen LogP contribution >= 0.6 is 0 Å². The first-order valence-electron chi connectivity index (χ1n) is 10.7. The molecule has 0 N–H and O–H groups in total. The highest BCUT2D eigenvalue weighted by atomic mass is 32.2. The molecule has 2 aromatic heterocycles. The van der Waals surface area contributed by atoms with E-state index in [9.17, 15) is 13.2 Å². The summed E-state index contributed by atoms with van der Waals surface area (Å²) in [6.45, 7) is 2.83. The maximum atomic E-state index is 13.5. The first-order valence-corrected chi connectivity index (χ1v) is 12.2. The summed E-state index contributed by atoms with van der Waals surface area (Å²) in [5.41, 5.74) is 0. The van der Waals surface area contributed by atoms with Crippen LogP contribution in [-0.2, 0) is 21.4 Å². The van der Waals surface area contributed by atoms with Crippen LogP contribution in [-0.4, -0.2) is 52.9 Å². The number of hydrogen-bond acceptors (Lipinski definition) is 7. The molecule has 10 heteroatoms.